The van der Waals surface area contributed by atoms with Crippen molar-refractivity contribution in [1.29, 1.82) is 0 Å². The molecule has 3 N–H and O–H groups in total. The van der Waals surface area contributed by atoms with Gasteiger partial charge in [0, 0.05) is 16.7 Å². The Labute approximate surface area is 166 Å². The van der Waals surface area contributed by atoms with Crippen LogP contribution in [0, 0.1) is 0 Å². The highest BCUT2D eigenvalue weighted by atomic mass is 35.5. The first-order chi connectivity index (χ1) is 13.5. The molecule has 0 saturated heterocycles. The molecule has 7 nitrogen and oxygen atoms in total. The van der Waals surface area contributed by atoms with E-state index < -0.39 is 18.0 Å². The van der Waals surface area contributed by atoms with E-state index in [9.17, 15) is 9.59 Å². The van der Waals surface area contributed by atoms with Gasteiger partial charge in [-0.2, -0.15) is 0 Å². The molecule has 0 bridgehead atoms. The number of aromatic nitrogens is 1. The molecule has 0 unspecified atom stereocenters. The van der Waals surface area contributed by atoms with Crippen LogP contribution in [0.4, 0.5) is 4.79 Å². The Morgan fingerprint density at radius 3 is 2.54 bits per heavy atom. The predicted molar refractivity (Wildman–Crippen MR) is 103 cm³/mol. The molecular weight excluding hydrogens is 382 g/mol. The maximum absolute atomic E-state index is 12.2. The molecular formula is C20H18ClN3O4. The van der Waals surface area contributed by atoms with E-state index in [4.69, 9.17) is 26.6 Å². The monoisotopic (exact) mass is 399 g/mol. The molecule has 0 spiro atoms. The van der Waals surface area contributed by atoms with Crippen molar-refractivity contribution in [2.75, 3.05) is 0 Å². The van der Waals surface area contributed by atoms with E-state index in [-0.39, 0.29) is 13.0 Å². The summed E-state index contributed by atoms with van der Waals surface area (Å²) in [5, 5.41) is 6.98. The van der Waals surface area contributed by atoms with E-state index >= 15 is 0 Å². The fraction of sp³-hybridized carbons (Fsp3) is 0.150. The van der Waals surface area contributed by atoms with Gasteiger partial charge in [-0.05, 0) is 17.7 Å². The summed E-state index contributed by atoms with van der Waals surface area (Å²) in [5.74, 6) is 0.0686. The normalized spacial score (nSPS) is 11.6. The molecule has 144 valence electrons. The largest absolute Gasteiger partial charge is 0.459 e. The van der Waals surface area contributed by atoms with E-state index in [1.165, 1.54) is 0 Å². The van der Waals surface area contributed by atoms with Crippen molar-refractivity contribution in [3.63, 3.8) is 0 Å². The molecule has 8 heteroatoms. The first-order valence-electron chi connectivity index (χ1n) is 8.49. The van der Waals surface area contributed by atoms with Gasteiger partial charge in [0.15, 0.2) is 5.76 Å². The van der Waals surface area contributed by atoms with Crippen LogP contribution in [0.15, 0.2) is 65.2 Å². The molecule has 2 amide bonds. The number of primary amides is 1. The van der Waals surface area contributed by atoms with Gasteiger partial charge in [-0.3, -0.25) is 4.79 Å². The van der Waals surface area contributed by atoms with Gasteiger partial charge >= 0.3 is 12.0 Å². The highest BCUT2D eigenvalue weighted by Gasteiger charge is 2.19. The van der Waals surface area contributed by atoms with E-state index in [1.54, 1.807) is 30.3 Å². The van der Waals surface area contributed by atoms with Gasteiger partial charge in [-0.15, -0.1) is 0 Å². The van der Waals surface area contributed by atoms with Crippen molar-refractivity contribution in [3.05, 3.63) is 76.9 Å². The van der Waals surface area contributed by atoms with Gasteiger partial charge in [0.25, 0.3) is 0 Å². The Hall–Kier alpha value is -3.32. The number of esters is 1. The number of nitrogens with one attached hydrogen (secondary N) is 1. The van der Waals surface area contributed by atoms with Crippen LogP contribution in [-0.2, 0) is 16.1 Å². The lowest BCUT2D eigenvalue weighted by atomic mass is 10.0. The molecule has 0 radical (unpaired) electrons. The summed E-state index contributed by atoms with van der Waals surface area (Å²) >= 11 is 5.87. The summed E-state index contributed by atoms with van der Waals surface area (Å²) in [6.45, 7) is -0.0426. The first kappa shape index (κ1) is 19.4. The smallest absolute Gasteiger partial charge is 0.312 e. The topological polar surface area (TPSA) is 107 Å². The second kappa shape index (κ2) is 9.05. The predicted octanol–water partition coefficient (Wildman–Crippen LogP) is 3.84. The number of rotatable bonds is 7. The zero-order chi connectivity index (χ0) is 19.9. The zero-order valence-corrected chi connectivity index (χ0v) is 15.6. The number of carbonyl (C=O) groups is 2. The van der Waals surface area contributed by atoms with Crippen LogP contribution in [0.25, 0.3) is 11.3 Å². The fourth-order valence-corrected chi connectivity index (χ4v) is 2.74. The molecule has 0 saturated carbocycles. The molecule has 0 aliphatic rings. The van der Waals surface area contributed by atoms with Crippen LogP contribution in [0.5, 0.6) is 0 Å². The van der Waals surface area contributed by atoms with Crippen LogP contribution < -0.4 is 11.1 Å². The number of hydrogen-bond acceptors (Lipinski definition) is 5. The third kappa shape index (κ3) is 5.34. The number of benzene rings is 2. The Morgan fingerprint density at radius 2 is 1.86 bits per heavy atom. The van der Waals surface area contributed by atoms with Crippen LogP contribution in [0.2, 0.25) is 5.02 Å². The van der Waals surface area contributed by atoms with Crippen molar-refractivity contribution < 1.29 is 18.8 Å². The van der Waals surface area contributed by atoms with Gasteiger partial charge < -0.3 is 20.3 Å². The third-order valence-electron chi connectivity index (χ3n) is 3.96. The number of hydrogen-bond donors (Lipinski definition) is 2. The summed E-state index contributed by atoms with van der Waals surface area (Å²) < 4.78 is 10.5. The van der Waals surface area contributed by atoms with Gasteiger partial charge in [0.1, 0.15) is 12.3 Å². The van der Waals surface area contributed by atoms with Gasteiger partial charge in [0.05, 0.1) is 12.5 Å². The fourth-order valence-electron chi connectivity index (χ4n) is 2.62. The summed E-state index contributed by atoms with van der Waals surface area (Å²) in [6, 6.07) is 16.6. The summed E-state index contributed by atoms with van der Waals surface area (Å²) in [7, 11) is 0. The molecule has 3 aromatic rings. The van der Waals surface area contributed by atoms with E-state index in [2.05, 4.69) is 10.5 Å². The number of ether oxygens (including phenoxy) is 1. The van der Waals surface area contributed by atoms with Gasteiger partial charge in [-0.1, -0.05) is 59.2 Å². The average molecular weight is 400 g/mol. The molecule has 2 aromatic carbocycles. The Morgan fingerprint density at radius 1 is 1.14 bits per heavy atom. The van der Waals surface area contributed by atoms with Crippen LogP contribution in [0.3, 0.4) is 0 Å². The van der Waals surface area contributed by atoms with Crippen molar-refractivity contribution in [2.24, 2.45) is 5.73 Å². The minimum absolute atomic E-state index is 0.0426. The highest BCUT2D eigenvalue weighted by molar-refractivity contribution is 6.30. The molecule has 3 rings (SSSR count). The second-order valence-corrected chi connectivity index (χ2v) is 6.46. The van der Waals surface area contributed by atoms with Crippen LogP contribution in [-0.4, -0.2) is 17.2 Å². The maximum atomic E-state index is 12.2. The molecule has 1 heterocycles. The standard InChI is InChI=1S/C20H18ClN3O4/c21-15-8-6-13(7-9-15)17(23-20(22)26)11-19(25)27-12-16-10-18(28-24-16)14-4-2-1-3-5-14/h1-10,17H,11-12H2,(H3,22,23,26)/t17-/m0/s1. The van der Waals surface area contributed by atoms with Gasteiger partial charge in [0.2, 0.25) is 0 Å². The Kier molecular flexibility index (Phi) is 6.29. The van der Waals surface area contributed by atoms with E-state index in [0.29, 0.717) is 22.0 Å². The lowest BCUT2D eigenvalue weighted by Gasteiger charge is -2.17. The quantitative estimate of drug-likeness (QED) is 0.587. The molecule has 0 aliphatic carbocycles. The summed E-state index contributed by atoms with van der Waals surface area (Å²) in [5.41, 5.74) is 7.26. The molecule has 0 fully saturated rings. The van der Waals surface area contributed by atoms with Gasteiger partial charge in [-0.25, -0.2) is 4.79 Å². The minimum Gasteiger partial charge on any atom is -0.459 e. The first-order valence-corrected chi connectivity index (χ1v) is 8.87. The highest BCUT2D eigenvalue weighted by Crippen LogP contribution is 2.22. The number of amides is 2. The van der Waals surface area contributed by atoms with E-state index in [0.717, 1.165) is 5.56 Å². The second-order valence-electron chi connectivity index (χ2n) is 6.03. The third-order valence-corrected chi connectivity index (χ3v) is 4.21. The lowest BCUT2D eigenvalue weighted by molar-refractivity contribution is -0.145. The lowest BCUT2D eigenvalue weighted by Crippen LogP contribution is -2.34. The SMILES string of the molecule is NC(=O)N[C@@H](CC(=O)OCc1cc(-c2ccccc2)on1)c1ccc(Cl)cc1. The van der Waals surface area contributed by atoms with Crippen molar-refractivity contribution in [1.82, 2.24) is 10.5 Å². The number of carbonyl (C=O) groups excluding carboxylic acids is 2. The Bertz CT molecular complexity index is 942. The average Bonchev–Trinajstić information content (AvgIpc) is 3.16. The van der Waals surface area contributed by atoms with Crippen LogP contribution >= 0.6 is 11.6 Å². The number of nitrogens with two attached hydrogens (primary N) is 1. The maximum Gasteiger partial charge on any atom is 0.312 e. The summed E-state index contributed by atoms with van der Waals surface area (Å²) in [6.07, 6.45) is -0.0893. The zero-order valence-electron chi connectivity index (χ0n) is 14.8. The Balaban J connectivity index is 1.59. The van der Waals surface area contributed by atoms with Crippen molar-refractivity contribution >= 4 is 23.6 Å². The van der Waals surface area contributed by atoms with Crippen LogP contribution in [0.1, 0.15) is 23.7 Å². The number of urea groups is 1. The molecule has 1 aromatic heterocycles. The molecule has 1 atom stereocenters. The van der Waals surface area contributed by atoms with E-state index in [1.807, 2.05) is 30.3 Å². The number of halogens is 1. The summed E-state index contributed by atoms with van der Waals surface area (Å²) in [4.78, 5) is 23.5. The number of nitrogens with zero attached hydrogens (tertiary/aromatic N) is 1. The minimum atomic E-state index is -0.739. The molecule has 28 heavy (non-hydrogen) atoms. The molecule has 0 aliphatic heterocycles. The van der Waals surface area contributed by atoms with Crippen molar-refractivity contribution in [2.45, 2.75) is 19.1 Å². The van der Waals surface area contributed by atoms with Crippen molar-refractivity contribution in [3.8, 4) is 11.3 Å².